The second-order valence-corrected chi connectivity index (χ2v) is 3.87. The number of halogens is 2. The minimum atomic E-state index is 0.534. The molecule has 0 bridgehead atoms. The smallest absolute Gasteiger partial charge is 0.133 e. The van der Waals surface area contributed by atoms with Crippen molar-refractivity contribution in [2.24, 2.45) is 0 Å². The summed E-state index contributed by atoms with van der Waals surface area (Å²) >= 11 is 9.13. The molecule has 1 aromatic rings. The molecule has 72 valence electrons. The quantitative estimate of drug-likeness (QED) is 0.747. The third kappa shape index (κ3) is 3.20. The van der Waals surface area contributed by atoms with Crippen LogP contribution in [0.3, 0.4) is 0 Å². The van der Waals surface area contributed by atoms with Crippen LogP contribution in [0.25, 0.3) is 0 Å². The summed E-state index contributed by atoms with van der Waals surface area (Å²) in [4.78, 5) is 0. The van der Waals surface area contributed by atoms with Crippen molar-refractivity contribution in [2.45, 2.75) is 19.2 Å². The van der Waals surface area contributed by atoms with E-state index in [2.05, 4.69) is 22.9 Å². The van der Waals surface area contributed by atoms with Gasteiger partial charge in [0.15, 0.2) is 0 Å². The molecule has 3 heteroatoms. The van der Waals surface area contributed by atoms with Gasteiger partial charge in [-0.25, -0.2) is 0 Å². The van der Waals surface area contributed by atoms with E-state index in [9.17, 15) is 0 Å². The van der Waals surface area contributed by atoms with Crippen molar-refractivity contribution in [3.8, 4) is 5.75 Å². The molecule has 0 aliphatic carbocycles. The van der Waals surface area contributed by atoms with Crippen LogP contribution < -0.4 is 4.74 Å². The summed E-state index contributed by atoms with van der Waals surface area (Å²) in [7, 11) is 0. The van der Waals surface area contributed by atoms with Gasteiger partial charge >= 0.3 is 0 Å². The summed E-state index contributed by atoms with van der Waals surface area (Å²) in [5, 5.41) is 0. The van der Waals surface area contributed by atoms with Gasteiger partial charge in [0.1, 0.15) is 5.75 Å². The lowest BCUT2D eigenvalue weighted by Crippen LogP contribution is -1.95. The highest BCUT2D eigenvalue weighted by Gasteiger charge is 2.01. The third-order valence-corrected chi connectivity index (χ3v) is 2.54. The monoisotopic (exact) mass is 262 g/mol. The van der Waals surface area contributed by atoms with Crippen LogP contribution in [-0.4, -0.2) is 6.61 Å². The Morgan fingerprint density at radius 3 is 2.77 bits per heavy atom. The molecule has 0 atom stereocenters. The van der Waals surface area contributed by atoms with E-state index >= 15 is 0 Å². The number of ether oxygens (including phenoxy) is 1. The average molecular weight is 264 g/mol. The Labute approximate surface area is 92.2 Å². The SMILES string of the molecule is CCCOc1ccc(CCl)cc1Br. The minimum absolute atomic E-state index is 0.534. The molecule has 13 heavy (non-hydrogen) atoms. The molecule has 0 aliphatic heterocycles. The number of alkyl halides is 1. The Balaban J connectivity index is 2.73. The van der Waals surface area contributed by atoms with Gasteiger partial charge in [-0.1, -0.05) is 13.0 Å². The van der Waals surface area contributed by atoms with Gasteiger partial charge in [0, 0.05) is 5.88 Å². The fourth-order valence-corrected chi connectivity index (χ4v) is 1.66. The van der Waals surface area contributed by atoms with E-state index in [0.29, 0.717) is 5.88 Å². The van der Waals surface area contributed by atoms with Gasteiger partial charge in [0.2, 0.25) is 0 Å². The van der Waals surface area contributed by atoms with Crippen molar-refractivity contribution in [1.82, 2.24) is 0 Å². The highest BCUT2D eigenvalue weighted by Crippen LogP contribution is 2.26. The Kier molecular flexibility index (Phi) is 4.60. The van der Waals surface area contributed by atoms with Gasteiger partial charge < -0.3 is 4.74 Å². The van der Waals surface area contributed by atoms with Crippen molar-refractivity contribution in [1.29, 1.82) is 0 Å². The van der Waals surface area contributed by atoms with Gasteiger partial charge in [-0.05, 0) is 40.0 Å². The van der Waals surface area contributed by atoms with E-state index in [4.69, 9.17) is 16.3 Å². The standard InChI is InChI=1S/C10H12BrClO/c1-2-5-13-10-4-3-8(7-12)6-9(10)11/h3-4,6H,2,5,7H2,1H3. The van der Waals surface area contributed by atoms with Gasteiger partial charge in [-0.2, -0.15) is 0 Å². The zero-order chi connectivity index (χ0) is 9.68. The maximum Gasteiger partial charge on any atom is 0.133 e. The number of benzene rings is 1. The normalized spacial score (nSPS) is 10.1. The van der Waals surface area contributed by atoms with Gasteiger partial charge in [0.05, 0.1) is 11.1 Å². The van der Waals surface area contributed by atoms with Crippen molar-refractivity contribution < 1.29 is 4.74 Å². The molecule has 1 nitrogen and oxygen atoms in total. The molecule has 0 saturated heterocycles. The topological polar surface area (TPSA) is 9.23 Å². The van der Waals surface area contributed by atoms with Crippen LogP contribution >= 0.6 is 27.5 Å². The lowest BCUT2D eigenvalue weighted by Gasteiger charge is -2.07. The maximum absolute atomic E-state index is 5.69. The fourth-order valence-electron chi connectivity index (χ4n) is 0.957. The van der Waals surface area contributed by atoms with Gasteiger partial charge in [0.25, 0.3) is 0 Å². The van der Waals surface area contributed by atoms with E-state index in [1.807, 2.05) is 18.2 Å². The molecule has 1 aromatic carbocycles. The van der Waals surface area contributed by atoms with Crippen LogP contribution in [0.4, 0.5) is 0 Å². The molecule has 0 N–H and O–H groups in total. The molecular formula is C10H12BrClO. The molecule has 0 saturated carbocycles. The highest BCUT2D eigenvalue weighted by atomic mass is 79.9. The predicted octanol–water partition coefficient (Wildman–Crippen LogP) is 3.98. The average Bonchev–Trinajstić information content (AvgIpc) is 2.16. The van der Waals surface area contributed by atoms with E-state index in [-0.39, 0.29) is 0 Å². The van der Waals surface area contributed by atoms with Crippen molar-refractivity contribution in [2.75, 3.05) is 6.61 Å². The van der Waals surface area contributed by atoms with Crippen LogP contribution in [0.1, 0.15) is 18.9 Å². The van der Waals surface area contributed by atoms with Crippen molar-refractivity contribution in [3.05, 3.63) is 28.2 Å². The molecule has 0 fully saturated rings. The van der Waals surface area contributed by atoms with Crippen LogP contribution in [0, 0.1) is 0 Å². The molecular weight excluding hydrogens is 251 g/mol. The molecule has 0 aliphatic rings. The number of rotatable bonds is 4. The summed E-state index contributed by atoms with van der Waals surface area (Å²) < 4.78 is 6.47. The highest BCUT2D eigenvalue weighted by molar-refractivity contribution is 9.10. The zero-order valence-electron chi connectivity index (χ0n) is 7.52. The summed E-state index contributed by atoms with van der Waals surface area (Å²) in [5.41, 5.74) is 1.09. The number of hydrogen-bond donors (Lipinski definition) is 0. The van der Waals surface area contributed by atoms with Crippen LogP contribution in [0.5, 0.6) is 5.75 Å². The fraction of sp³-hybridized carbons (Fsp3) is 0.400. The summed E-state index contributed by atoms with van der Waals surface area (Å²) in [6, 6.07) is 5.90. The second-order valence-electron chi connectivity index (χ2n) is 2.75. The van der Waals surface area contributed by atoms with E-state index < -0.39 is 0 Å². The molecule has 0 aromatic heterocycles. The summed E-state index contributed by atoms with van der Waals surface area (Å²) in [6.07, 6.45) is 1.02. The second kappa shape index (κ2) is 5.51. The lowest BCUT2D eigenvalue weighted by molar-refractivity contribution is 0.315. The molecule has 0 amide bonds. The van der Waals surface area contributed by atoms with Crippen molar-refractivity contribution >= 4 is 27.5 Å². The summed E-state index contributed by atoms with van der Waals surface area (Å²) in [6.45, 7) is 2.83. The first kappa shape index (κ1) is 10.9. The maximum atomic E-state index is 5.69. The molecule has 1 rings (SSSR count). The molecule has 0 unspecified atom stereocenters. The Hall–Kier alpha value is -0.210. The third-order valence-electron chi connectivity index (χ3n) is 1.61. The van der Waals surface area contributed by atoms with E-state index in [0.717, 1.165) is 28.8 Å². The van der Waals surface area contributed by atoms with Crippen LogP contribution in [0.2, 0.25) is 0 Å². The molecule has 0 radical (unpaired) electrons. The molecule has 0 spiro atoms. The van der Waals surface area contributed by atoms with Gasteiger partial charge in [-0.3, -0.25) is 0 Å². The first-order chi connectivity index (χ1) is 6.27. The zero-order valence-corrected chi connectivity index (χ0v) is 9.86. The first-order valence-corrected chi connectivity index (χ1v) is 5.58. The van der Waals surface area contributed by atoms with Crippen LogP contribution in [-0.2, 0) is 5.88 Å². The summed E-state index contributed by atoms with van der Waals surface area (Å²) in [5.74, 6) is 1.42. The predicted molar refractivity (Wildman–Crippen MR) is 59.5 cm³/mol. The number of hydrogen-bond acceptors (Lipinski definition) is 1. The van der Waals surface area contributed by atoms with E-state index in [1.54, 1.807) is 0 Å². The lowest BCUT2D eigenvalue weighted by atomic mass is 10.2. The van der Waals surface area contributed by atoms with Crippen molar-refractivity contribution in [3.63, 3.8) is 0 Å². The van der Waals surface area contributed by atoms with Crippen LogP contribution in [0.15, 0.2) is 22.7 Å². The first-order valence-electron chi connectivity index (χ1n) is 4.25. The Morgan fingerprint density at radius 2 is 2.23 bits per heavy atom. The van der Waals surface area contributed by atoms with Gasteiger partial charge in [-0.15, -0.1) is 11.6 Å². The minimum Gasteiger partial charge on any atom is -0.492 e. The van der Waals surface area contributed by atoms with E-state index in [1.165, 1.54) is 0 Å². The Bertz CT molecular complexity index is 276. The Morgan fingerprint density at radius 1 is 1.46 bits per heavy atom. The molecule has 0 heterocycles. The largest absolute Gasteiger partial charge is 0.492 e.